The molecular formula is C17H23NO4. The first-order valence-corrected chi connectivity index (χ1v) is 7.72. The Morgan fingerprint density at radius 1 is 1.36 bits per heavy atom. The summed E-state index contributed by atoms with van der Waals surface area (Å²) in [4.78, 5) is 23.2. The van der Waals surface area contributed by atoms with Crippen molar-refractivity contribution in [2.24, 2.45) is 11.8 Å². The van der Waals surface area contributed by atoms with Crippen LogP contribution in [0.1, 0.15) is 43.5 Å². The molecule has 22 heavy (non-hydrogen) atoms. The van der Waals surface area contributed by atoms with Gasteiger partial charge < -0.3 is 15.2 Å². The SMILES string of the molecule is CC(C)COc1cccc(C(=O)N[C@H]2CC[C@@H](C(=O)O)C2)c1. The molecule has 1 aliphatic carbocycles. The molecule has 0 aromatic heterocycles. The lowest BCUT2D eigenvalue weighted by Crippen LogP contribution is -2.33. The molecule has 0 bridgehead atoms. The molecule has 1 fully saturated rings. The number of rotatable bonds is 6. The third-order valence-corrected chi connectivity index (χ3v) is 3.80. The molecule has 1 amide bonds. The highest BCUT2D eigenvalue weighted by Gasteiger charge is 2.30. The van der Waals surface area contributed by atoms with Crippen LogP contribution in [0, 0.1) is 11.8 Å². The number of carboxylic acid groups (broad SMARTS) is 1. The van der Waals surface area contributed by atoms with Crippen LogP contribution in [0.25, 0.3) is 0 Å². The molecule has 1 saturated carbocycles. The first kappa shape index (κ1) is 16.3. The standard InChI is InChI=1S/C17H23NO4/c1-11(2)10-22-15-5-3-4-12(9-15)16(19)18-14-7-6-13(8-14)17(20)21/h3-5,9,11,13-14H,6-8,10H2,1-2H3,(H,18,19)(H,20,21)/t13-,14+/m1/s1. The quantitative estimate of drug-likeness (QED) is 0.847. The van der Waals surface area contributed by atoms with E-state index in [4.69, 9.17) is 9.84 Å². The molecular weight excluding hydrogens is 282 g/mol. The zero-order chi connectivity index (χ0) is 16.1. The lowest BCUT2D eigenvalue weighted by molar-refractivity contribution is -0.141. The molecule has 0 radical (unpaired) electrons. The molecule has 1 aromatic carbocycles. The Hall–Kier alpha value is -2.04. The zero-order valence-corrected chi connectivity index (χ0v) is 13.0. The van der Waals surface area contributed by atoms with Gasteiger partial charge in [-0.05, 0) is 43.4 Å². The number of hydrogen-bond donors (Lipinski definition) is 2. The highest BCUT2D eigenvalue weighted by atomic mass is 16.5. The van der Waals surface area contributed by atoms with Crippen molar-refractivity contribution in [1.29, 1.82) is 0 Å². The summed E-state index contributed by atoms with van der Waals surface area (Å²) in [5.74, 6) is -0.196. The maximum absolute atomic E-state index is 12.3. The molecule has 120 valence electrons. The smallest absolute Gasteiger partial charge is 0.306 e. The number of carboxylic acids is 1. The zero-order valence-electron chi connectivity index (χ0n) is 13.0. The molecule has 0 saturated heterocycles. The van der Waals surface area contributed by atoms with E-state index in [-0.39, 0.29) is 17.9 Å². The molecule has 5 nitrogen and oxygen atoms in total. The van der Waals surface area contributed by atoms with Gasteiger partial charge in [0.15, 0.2) is 0 Å². The van der Waals surface area contributed by atoms with E-state index in [1.54, 1.807) is 18.2 Å². The Balaban J connectivity index is 1.92. The van der Waals surface area contributed by atoms with Crippen LogP contribution < -0.4 is 10.1 Å². The fraction of sp³-hybridized carbons (Fsp3) is 0.529. The van der Waals surface area contributed by atoms with Crippen molar-refractivity contribution in [2.75, 3.05) is 6.61 Å². The van der Waals surface area contributed by atoms with Crippen molar-refractivity contribution in [3.8, 4) is 5.75 Å². The van der Waals surface area contributed by atoms with Crippen LogP contribution >= 0.6 is 0 Å². The molecule has 2 atom stereocenters. The van der Waals surface area contributed by atoms with Crippen molar-refractivity contribution >= 4 is 11.9 Å². The van der Waals surface area contributed by atoms with Gasteiger partial charge in [0.25, 0.3) is 5.91 Å². The summed E-state index contributed by atoms with van der Waals surface area (Å²) in [6.45, 7) is 4.74. The van der Waals surface area contributed by atoms with Gasteiger partial charge in [0, 0.05) is 11.6 Å². The first-order chi connectivity index (χ1) is 10.5. The second-order valence-electron chi connectivity index (χ2n) is 6.25. The van der Waals surface area contributed by atoms with Gasteiger partial charge in [-0.2, -0.15) is 0 Å². The molecule has 5 heteroatoms. The van der Waals surface area contributed by atoms with Crippen LogP contribution in [0.5, 0.6) is 5.75 Å². The molecule has 0 spiro atoms. The van der Waals surface area contributed by atoms with Crippen LogP contribution in [0.2, 0.25) is 0 Å². The molecule has 2 rings (SSSR count). The molecule has 1 aliphatic rings. The summed E-state index contributed by atoms with van der Waals surface area (Å²) in [6, 6.07) is 7.02. The van der Waals surface area contributed by atoms with Gasteiger partial charge in [0.05, 0.1) is 12.5 Å². The van der Waals surface area contributed by atoms with E-state index in [1.807, 2.05) is 6.07 Å². The van der Waals surface area contributed by atoms with Gasteiger partial charge in [-0.3, -0.25) is 9.59 Å². The monoisotopic (exact) mass is 305 g/mol. The minimum Gasteiger partial charge on any atom is -0.493 e. The Labute approximate surface area is 130 Å². The third kappa shape index (κ3) is 4.48. The number of amides is 1. The van der Waals surface area contributed by atoms with Crippen molar-refractivity contribution in [1.82, 2.24) is 5.32 Å². The second kappa shape index (κ2) is 7.29. The molecule has 2 N–H and O–H groups in total. The lowest BCUT2D eigenvalue weighted by atomic mass is 10.1. The third-order valence-electron chi connectivity index (χ3n) is 3.80. The molecule has 0 aliphatic heterocycles. The van der Waals surface area contributed by atoms with Gasteiger partial charge in [-0.15, -0.1) is 0 Å². The van der Waals surface area contributed by atoms with Gasteiger partial charge in [-0.1, -0.05) is 19.9 Å². The van der Waals surface area contributed by atoms with Crippen LogP contribution in [0.4, 0.5) is 0 Å². The lowest BCUT2D eigenvalue weighted by Gasteiger charge is -2.13. The van der Waals surface area contributed by atoms with Gasteiger partial charge in [0.1, 0.15) is 5.75 Å². The fourth-order valence-corrected chi connectivity index (χ4v) is 2.60. The van der Waals surface area contributed by atoms with Crippen LogP contribution in [0.3, 0.4) is 0 Å². The summed E-state index contributed by atoms with van der Waals surface area (Å²) < 4.78 is 5.62. The number of aliphatic carboxylic acids is 1. The Bertz CT molecular complexity index is 541. The van der Waals surface area contributed by atoms with Crippen molar-refractivity contribution in [3.05, 3.63) is 29.8 Å². The van der Waals surface area contributed by atoms with Crippen molar-refractivity contribution in [2.45, 2.75) is 39.2 Å². The van der Waals surface area contributed by atoms with E-state index < -0.39 is 5.97 Å². The Kier molecular flexibility index (Phi) is 5.41. The predicted molar refractivity (Wildman–Crippen MR) is 83.0 cm³/mol. The number of carbonyl (C=O) groups is 2. The summed E-state index contributed by atoms with van der Waals surface area (Å²) in [7, 11) is 0. The topological polar surface area (TPSA) is 75.6 Å². The summed E-state index contributed by atoms with van der Waals surface area (Å²) in [5.41, 5.74) is 0.542. The predicted octanol–water partition coefficient (Wildman–Crippen LogP) is 2.70. The number of ether oxygens (including phenoxy) is 1. The van der Waals surface area contributed by atoms with E-state index >= 15 is 0 Å². The Morgan fingerprint density at radius 2 is 2.14 bits per heavy atom. The van der Waals surface area contributed by atoms with Gasteiger partial charge >= 0.3 is 5.97 Å². The van der Waals surface area contributed by atoms with Crippen molar-refractivity contribution < 1.29 is 19.4 Å². The fourth-order valence-electron chi connectivity index (χ4n) is 2.60. The van der Waals surface area contributed by atoms with Crippen LogP contribution in [0.15, 0.2) is 24.3 Å². The first-order valence-electron chi connectivity index (χ1n) is 7.72. The summed E-state index contributed by atoms with van der Waals surface area (Å²) >= 11 is 0. The minimum atomic E-state index is -0.777. The minimum absolute atomic E-state index is 0.0613. The number of nitrogens with one attached hydrogen (secondary N) is 1. The largest absolute Gasteiger partial charge is 0.493 e. The summed E-state index contributed by atoms with van der Waals surface area (Å²) in [5, 5.41) is 11.9. The molecule has 0 heterocycles. The number of hydrogen-bond acceptors (Lipinski definition) is 3. The maximum Gasteiger partial charge on any atom is 0.306 e. The Morgan fingerprint density at radius 3 is 2.77 bits per heavy atom. The van der Waals surface area contributed by atoms with E-state index in [0.29, 0.717) is 43.1 Å². The normalized spacial score (nSPS) is 20.9. The summed E-state index contributed by atoms with van der Waals surface area (Å²) in [6.07, 6.45) is 1.84. The average molecular weight is 305 g/mol. The van der Waals surface area contributed by atoms with E-state index in [0.717, 1.165) is 0 Å². The molecule has 0 unspecified atom stereocenters. The molecule has 1 aromatic rings. The number of benzene rings is 1. The van der Waals surface area contributed by atoms with Crippen molar-refractivity contribution in [3.63, 3.8) is 0 Å². The average Bonchev–Trinajstić information content (AvgIpc) is 2.94. The van der Waals surface area contributed by atoms with Crippen LogP contribution in [-0.2, 0) is 4.79 Å². The highest BCUT2D eigenvalue weighted by Crippen LogP contribution is 2.26. The van der Waals surface area contributed by atoms with E-state index in [1.165, 1.54) is 0 Å². The van der Waals surface area contributed by atoms with Gasteiger partial charge in [-0.25, -0.2) is 0 Å². The van der Waals surface area contributed by atoms with E-state index in [2.05, 4.69) is 19.2 Å². The highest BCUT2D eigenvalue weighted by molar-refractivity contribution is 5.94. The number of carbonyl (C=O) groups excluding carboxylic acids is 1. The van der Waals surface area contributed by atoms with Crippen LogP contribution in [-0.4, -0.2) is 29.6 Å². The van der Waals surface area contributed by atoms with E-state index in [9.17, 15) is 9.59 Å². The van der Waals surface area contributed by atoms with Gasteiger partial charge in [0.2, 0.25) is 0 Å². The second-order valence-corrected chi connectivity index (χ2v) is 6.25. The maximum atomic E-state index is 12.3.